The summed E-state index contributed by atoms with van der Waals surface area (Å²) < 4.78 is 6.99. The summed E-state index contributed by atoms with van der Waals surface area (Å²) in [5, 5.41) is 13.8. The van der Waals surface area contributed by atoms with Crippen LogP contribution in [0.1, 0.15) is 76.1 Å². The first-order valence-corrected chi connectivity index (χ1v) is 15.9. The largest absolute Gasteiger partial charge is 0.458 e. The van der Waals surface area contributed by atoms with Crippen LogP contribution in [0.4, 0.5) is 0 Å². The number of hydrogen-bond donors (Lipinski definition) is 1. The number of cyclic esters (lactones) is 1. The van der Waals surface area contributed by atoms with Crippen LogP contribution in [0.25, 0.3) is 22.3 Å². The van der Waals surface area contributed by atoms with Gasteiger partial charge in [0.05, 0.1) is 37.1 Å². The standard InChI is InChI=1S/C29H36N2O4Si/c1-9-29(34)21-13-23-24-19(14-31(23)26(32)20(21)15-35-27(29)33)25(36(7,8)28(4,5)6)18-12-17(16(2)3)10-11-22(18)30-24/h10-13,16,34H,9,14-15H2,1-8H3. The zero-order valence-electron chi connectivity index (χ0n) is 22.6. The number of aromatic nitrogens is 2. The molecule has 6 nitrogen and oxygen atoms in total. The maximum Gasteiger partial charge on any atom is 0.343 e. The normalized spacial score (nSPS) is 19.3. The highest BCUT2D eigenvalue weighted by molar-refractivity contribution is 6.94. The van der Waals surface area contributed by atoms with Crippen molar-refractivity contribution in [2.45, 2.75) is 90.8 Å². The number of nitrogens with zero attached hydrogens (tertiary/aromatic N) is 2. The SMILES string of the molecule is CCC1(O)C(=O)OCc2c1cc1n(c2=O)Cc2c-1nc1ccc(C(C)C)cc1c2[Si](C)(C)C(C)(C)C. The van der Waals surface area contributed by atoms with Crippen LogP contribution in [0.2, 0.25) is 18.1 Å². The fourth-order valence-electron chi connectivity index (χ4n) is 5.55. The minimum Gasteiger partial charge on any atom is -0.458 e. The molecular formula is C29H36N2O4Si. The van der Waals surface area contributed by atoms with Crippen molar-refractivity contribution in [3.63, 3.8) is 0 Å². The Balaban J connectivity index is 1.88. The average molecular weight is 505 g/mol. The highest BCUT2D eigenvalue weighted by atomic mass is 28.3. The molecule has 0 spiro atoms. The number of carbonyl (C=O) groups is 1. The predicted octanol–water partition coefficient (Wildman–Crippen LogP) is 4.92. The molecule has 190 valence electrons. The van der Waals surface area contributed by atoms with E-state index in [0.717, 1.165) is 16.8 Å². The van der Waals surface area contributed by atoms with Crippen molar-refractivity contribution >= 4 is 30.1 Å². The van der Waals surface area contributed by atoms with Crippen LogP contribution in [0.5, 0.6) is 0 Å². The number of fused-ring (bicyclic) bond motifs is 5. The lowest BCUT2D eigenvalue weighted by Crippen LogP contribution is -2.51. The molecule has 1 aromatic carbocycles. The van der Waals surface area contributed by atoms with Gasteiger partial charge in [-0.2, -0.15) is 0 Å². The molecule has 0 bridgehead atoms. The number of aliphatic hydroxyl groups is 1. The second kappa shape index (κ2) is 7.86. The highest BCUT2D eigenvalue weighted by Crippen LogP contribution is 2.42. The van der Waals surface area contributed by atoms with Crippen LogP contribution in [0.15, 0.2) is 29.1 Å². The van der Waals surface area contributed by atoms with Crippen LogP contribution in [-0.4, -0.2) is 28.7 Å². The lowest BCUT2D eigenvalue weighted by molar-refractivity contribution is -0.172. The molecule has 0 amide bonds. The van der Waals surface area contributed by atoms with Gasteiger partial charge in [0, 0.05) is 10.9 Å². The van der Waals surface area contributed by atoms with Gasteiger partial charge in [-0.1, -0.05) is 60.7 Å². The number of pyridine rings is 2. The van der Waals surface area contributed by atoms with Crippen molar-refractivity contribution in [3.05, 3.63) is 56.9 Å². The van der Waals surface area contributed by atoms with Crippen LogP contribution in [-0.2, 0) is 28.3 Å². The third-order valence-electron chi connectivity index (χ3n) is 8.88. The smallest absolute Gasteiger partial charge is 0.343 e. The second-order valence-electron chi connectivity index (χ2n) is 12.2. The van der Waals surface area contributed by atoms with E-state index in [1.807, 2.05) is 6.07 Å². The Morgan fingerprint density at radius 2 is 1.86 bits per heavy atom. The third kappa shape index (κ3) is 3.28. The molecule has 0 fully saturated rings. The molecule has 5 rings (SSSR count). The van der Waals surface area contributed by atoms with E-state index in [0.29, 0.717) is 29.3 Å². The van der Waals surface area contributed by atoms with Crippen molar-refractivity contribution < 1.29 is 14.6 Å². The number of ether oxygens (including phenoxy) is 1. The van der Waals surface area contributed by atoms with E-state index in [-0.39, 0.29) is 23.6 Å². The summed E-state index contributed by atoms with van der Waals surface area (Å²) in [5.41, 5.74) is 3.43. The molecule has 1 unspecified atom stereocenters. The maximum absolute atomic E-state index is 13.7. The Bertz CT molecular complexity index is 1500. The summed E-state index contributed by atoms with van der Waals surface area (Å²) in [6.07, 6.45) is 0.132. The Morgan fingerprint density at radius 3 is 2.47 bits per heavy atom. The third-order valence-corrected chi connectivity index (χ3v) is 14.4. The van der Waals surface area contributed by atoms with Gasteiger partial charge in [0.25, 0.3) is 5.56 Å². The number of carbonyl (C=O) groups excluding carboxylic acids is 1. The van der Waals surface area contributed by atoms with Crippen molar-refractivity contribution in [2.24, 2.45) is 0 Å². The van der Waals surface area contributed by atoms with E-state index in [1.165, 1.54) is 16.1 Å². The Hall–Kier alpha value is -2.77. The number of hydrogen-bond acceptors (Lipinski definition) is 5. The minimum atomic E-state index is -2.08. The first-order valence-electron chi connectivity index (χ1n) is 12.9. The Morgan fingerprint density at radius 1 is 1.17 bits per heavy atom. The van der Waals surface area contributed by atoms with Gasteiger partial charge >= 0.3 is 5.97 Å². The molecule has 0 saturated carbocycles. The molecule has 1 atom stereocenters. The topological polar surface area (TPSA) is 81.4 Å². The maximum atomic E-state index is 13.7. The van der Waals surface area contributed by atoms with Gasteiger partial charge < -0.3 is 14.4 Å². The lowest BCUT2D eigenvalue weighted by Gasteiger charge is -2.39. The summed E-state index contributed by atoms with van der Waals surface area (Å²) in [7, 11) is -2.08. The van der Waals surface area contributed by atoms with E-state index < -0.39 is 19.6 Å². The van der Waals surface area contributed by atoms with E-state index in [9.17, 15) is 14.7 Å². The average Bonchev–Trinajstić information content (AvgIpc) is 3.17. The summed E-state index contributed by atoms with van der Waals surface area (Å²) in [4.78, 5) is 31.4. The van der Waals surface area contributed by atoms with Crippen molar-refractivity contribution in [1.29, 1.82) is 0 Å². The van der Waals surface area contributed by atoms with E-state index in [2.05, 4.69) is 65.9 Å². The Kier molecular flexibility index (Phi) is 5.44. The van der Waals surface area contributed by atoms with Crippen LogP contribution >= 0.6 is 0 Å². The van der Waals surface area contributed by atoms with Crippen LogP contribution in [0, 0.1) is 0 Å². The first kappa shape index (κ1) is 24.9. The zero-order chi connectivity index (χ0) is 26.4. The van der Waals surface area contributed by atoms with Crippen LogP contribution in [0.3, 0.4) is 0 Å². The quantitative estimate of drug-likeness (QED) is 0.316. The number of rotatable bonds is 3. The first-order chi connectivity index (χ1) is 16.7. The van der Waals surface area contributed by atoms with E-state index in [4.69, 9.17) is 9.72 Å². The summed E-state index contributed by atoms with van der Waals surface area (Å²) in [6.45, 7) is 18.2. The van der Waals surface area contributed by atoms with Crippen molar-refractivity contribution in [3.8, 4) is 11.4 Å². The molecule has 2 aromatic heterocycles. The van der Waals surface area contributed by atoms with Gasteiger partial charge in [0.2, 0.25) is 0 Å². The van der Waals surface area contributed by atoms with Gasteiger partial charge in [0.15, 0.2) is 5.60 Å². The zero-order valence-corrected chi connectivity index (χ0v) is 23.6. The van der Waals surface area contributed by atoms with Gasteiger partial charge in [0.1, 0.15) is 6.61 Å². The van der Waals surface area contributed by atoms with Gasteiger partial charge in [-0.3, -0.25) is 4.79 Å². The van der Waals surface area contributed by atoms with Crippen molar-refractivity contribution in [2.75, 3.05) is 0 Å². The molecule has 4 heterocycles. The molecule has 2 aliphatic heterocycles. The molecule has 0 aliphatic carbocycles. The summed E-state index contributed by atoms with van der Waals surface area (Å²) in [5.74, 6) is -0.305. The molecule has 2 aliphatic rings. The van der Waals surface area contributed by atoms with Gasteiger partial charge in [-0.05, 0) is 51.9 Å². The highest BCUT2D eigenvalue weighted by Gasteiger charge is 2.46. The van der Waals surface area contributed by atoms with Gasteiger partial charge in [-0.25, -0.2) is 9.78 Å². The van der Waals surface area contributed by atoms with E-state index >= 15 is 0 Å². The minimum absolute atomic E-state index is 0.0740. The molecule has 0 radical (unpaired) electrons. The molecule has 1 N–H and O–H groups in total. The summed E-state index contributed by atoms with van der Waals surface area (Å²) >= 11 is 0. The molecular weight excluding hydrogens is 468 g/mol. The van der Waals surface area contributed by atoms with Gasteiger partial charge in [-0.15, -0.1) is 0 Å². The molecule has 0 saturated heterocycles. The van der Waals surface area contributed by atoms with Crippen LogP contribution < -0.4 is 10.7 Å². The fraction of sp³-hybridized carbons (Fsp3) is 0.483. The van der Waals surface area contributed by atoms with Crippen molar-refractivity contribution in [1.82, 2.24) is 9.55 Å². The predicted molar refractivity (Wildman–Crippen MR) is 145 cm³/mol. The molecule has 7 heteroatoms. The summed E-state index contributed by atoms with van der Waals surface area (Å²) in [6, 6.07) is 8.34. The number of benzene rings is 1. The Labute approximate surface area is 213 Å². The number of esters is 1. The monoisotopic (exact) mass is 504 g/mol. The molecule has 3 aromatic rings. The fourth-order valence-corrected chi connectivity index (χ4v) is 8.12. The molecule has 36 heavy (non-hydrogen) atoms. The van der Waals surface area contributed by atoms with E-state index in [1.54, 1.807) is 11.5 Å². The lowest BCUT2D eigenvalue weighted by atomic mass is 9.86. The second-order valence-corrected chi connectivity index (χ2v) is 17.5.